The summed E-state index contributed by atoms with van der Waals surface area (Å²) in [5.74, 6) is 1.44. The molecule has 5 heterocycles. The zero-order valence-corrected chi connectivity index (χ0v) is 21.8. The van der Waals surface area contributed by atoms with E-state index in [-0.39, 0.29) is 36.2 Å². The van der Waals surface area contributed by atoms with Gasteiger partial charge in [-0.05, 0) is 38.0 Å². The Kier molecular flexibility index (Phi) is 5.58. The molecule has 0 unspecified atom stereocenters. The summed E-state index contributed by atoms with van der Waals surface area (Å²) in [6, 6.07) is 5.25. The van der Waals surface area contributed by atoms with Crippen molar-refractivity contribution in [3.63, 3.8) is 0 Å². The fourth-order valence-electron chi connectivity index (χ4n) is 5.69. The minimum absolute atomic E-state index is 0.00921. The van der Waals surface area contributed by atoms with Crippen LogP contribution in [0.4, 0.5) is 11.8 Å². The van der Waals surface area contributed by atoms with Crippen LogP contribution in [0.5, 0.6) is 0 Å². The third-order valence-electron chi connectivity index (χ3n) is 8.01. The lowest BCUT2D eigenvalue weighted by Gasteiger charge is -2.51. The highest BCUT2D eigenvalue weighted by molar-refractivity contribution is 5.97. The van der Waals surface area contributed by atoms with Crippen molar-refractivity contribution < 1.29 is 14.6 Å². The lowest BCUT2D eigenvalue weighted by molar-refractivity contribution is -0.198. The number of aromatic nitrogens is 6. The Morgan fingerprint density at radius 3 is 2.71 bits per heavy atom. The first-order valence-electron chi connectivity index (χ1n) is 13.0. The number of anilines is 2. The number of carbonyl (C=O) groups excluding carboxylic acids is 1. The standard InChI is InChI=1S/C26H33N9O3/c1-14(2)21-30-16-5-4-15(10-17(16)31-21)23(36)34-8-6-26(7-9-34)11-18(25(3,37)12-38-26)35-13-29-19-20(27)32-24(28)33-22(19)35/h4-5,10,13-14,18,37H,6-9,11-12H2,1-3H3,(H,30,31)(H4,27,28,32,33)/t18-,25-/m0/s1. The summed E-state index contributed by atoms with van der Waals surface area (Å²) in [4.78, 5) is 35.9. The SMILES string of the molecule is CC(C)c1nc2ccc(C(=O)N3CCC4(CC3)C[C@H](n3cnc5c(N)nc(N)nc53)[C@@](C)(O)CO4)cc2[nH]1. The van der Waals surface area contributed by atoms with Gasteiger partial charge in [-0.1, -0.05) is 13.8 Å². The quantitative estimate of drug-likeness (QED) is 0.317. The van der Waals surface area contributed by atoms with E-state index in [1.807, 2.05) is 27.7 Å². The molecular weight excluding hydrogens is 486 g/mol. The van der Waals surface area contributed by atoms with Crippen LogP contribution < -0.4 is 11.5 Å². The third kappa shape index (κ3) is 4.04. The van der Waals surface area contributed by atoms with Gasteiger partial charge in [0.2, 0.25) is 5.95 Å². The number of aliphatic hydroxyl groups is 1. The second-order valence-electron chi connectivity index (χ2n) is 11.1. The molecule has 4 aromatic rings. The summed E-state index contributed by atoms with van der Waals surface area (Å²) < 4.78 is 8.14. The molecule has 38 heavy (non-hydrogen) atoms. The normalized spacial score (nSPS) is 23.6. The summed E-state index contributed by atoms with van der Waals surface area (Å²) in [7, 11) is 0. The van der Waals surface area contributed by atoms with Gasteiger partial charge in [0.15, 0.2) is 11.5 Å². The largest absolute Gasteiger partial charge is 0.386 e. The van der Waals surface area contributed by atoms with E-state index in [1.54, 1.807) is 13.3 Å². The highest BCUT2D eigenvalue weighted by Gasteiger charge is 2.50. The monoisotopic (exact) mass is 519 g/mol. The summed E-state index contributed by atoms with van der Waals surface area (Å²) in [6.45, 7) is 7.17. The van der Waals surface area contributed by atoms with E-state index in [0.29, 0.717) is 49.1 Å². The number of nitrogens with zero attached hydrogens (tertiary/aromatic N) is 6. The molecule has 6 rings (SSSR count). The summed E-state index contributed by atoms with van der Waals surface area (Å²) in [5.41, 5.74) is 13.5. The topological polar surface area (TPSA) is 174 Å². The van der Waals surface area contributed by atoms with Gasteiger partial charge in [-0.25, -0.2) is 9.97 Å². The maximum Gasteiger partial charge on any atom is 0.253 e. The highest BCUT2D eigenvalue weighted by Crippen LogP contribution is 2.45. The Morgan fingerprint density at radius 1 is 1.21 bits per heavy atom. The summed E-state index contributed by atoms with van der Waals surface area (Å²) >= 11 is 0. The number of imidazole rings is 2. The second kappa shape index (κ2) is 8.63. The molecule has 0 saturated carbocycles. The van der Waals surface area contributed by atoms with Crippen LogP contribution in [0.2, 0.25) is 0 Å². The number of fused-ring (bicyclic) bond motifs is 2. The van der Waals surface area contributed by atoms with E-state index < -0.39 is 11.2 Å². The number of aromatic amines is 1. The molecule has 2 aliphatic heterocycles. The Bertz CT molecular complexity index is 1530. The van der Waals surface area contributed by atoms with Crippen LogP contribution >= 0.6 is 0 Å². The average molecular weight is 520 g/mol. The van der Waals surface area contributed by atoms with Gasteiger partial charge in [0, 0.05) is 31.0 Å². The van der Waals surface area contributed by atoms with E-state index in [0.717, 1.165) is 16.9 Å². The van der Waals surface area contributed by atoms with Crippen LogP contribution in [0.25, 0.3) is 22.2 Å². The number of amides is 1. The Hall–Kier alpha value is -3.77. The molecule has 0 bridgehead atoms. The number of nitrogens with one attached hydrogen (secondary N) is 1. The van der Waals surface area contributed by atoms with Gasteiger partial charge in [-0.3, -0.25) is 4.79 Å². The first-order chi connectivity index (χ1) is 18.1. The van der Waals surface area contributed by atoms with Crippen LogP contribution in [0.1, 0.15) is 68.2 Å². The van der Waals surface area contributed by atoms with E-state index in [2.05, 4.69) is 38.8 Å². The number of carbonyl (C=O) groups is 1. The van der Waals surface area contributed by atoms with E-state index in [9.17, 15) is 9.90 Å². The fraction of sp³-hybridized carbons (Fsp3) is 0.500. The predicted molar refractivity (Wildman–Crippen MR) is 142 cm³/mol. The van der Waals surface area contributed by atoms with Crippen molar-refractivity contribution in [1.82, 2.24) is 34.4 Å². The molecule has 6 N–H and O–H groups in total. The molecule has 1 amide bonds. The number of hydrogen-bond donors (Lipinski definition) is 4. The third-order valence-corrected chi connectivity index (χ3v) is 8.01. The number of ether oxygens (including phenoxy) is 1. The van der Waals surface area contributed by atoms with Crippen LogP contribution in [-0.4, -0.2) is 76.3 Å². The van der Waals surface area contributed by atoms with Crippen LogP contribution in [0.3, 0.4) is 0 Å². The molecule has 200 valence electrons. The van der Waals surface area contributed by atoms with Gasteiger partial charge in [-0.2, -0.15) is 9.97 Å². The van der Waals surface area contributed by atoms with Crippen molar-refractivity contribution >= 4 is 39.9 Å². The van der Waals surface area contributed by atoms with Crippen LogP contribution in [0.15, 0.2) is 24.5 Å². The Labute approximate surface area is 219 Å². The van der Waals surface area contributed by atoms with E-state index in [4.69, 9.17) is 16.2 Å². The highest BCUT2D eigenvalue weighted by atomic mass is 16.5. The molecule has 2 fully saturated rings. The number of H-pyrrole nitrogens is 1. The molecule has 0 aliphatic carbocycles. The first kappa shape index (κ1) is 24.6. The Morgan fingerprint density at radius 2 is 1.97 bits per heavy atom. The van der Waals surface area contributed by atoms with Crippen molar-refractivity contribution in [3.05, 3.63) is 35.9 Å². The number of rotatable bonds is 3. The van der Waals surface area contributed by atoms with Gasteiger partial charge >= 0.3 is 0 Å². The van der Waals surface area contributed by atoms with Crippen LogP contribution in [-0.2, 0) is 4.74 Å². The fourth-order valence-corrected chi connectivity index (χ4v) is 5.69. The average Bonchev–Trinajstić information content (AvgIpc) is 3.50. The van der Waals surface area contributed by atoms with Crippen molar-refractivity contribution in [3.8, 4) is 0 Å². The van der Waals surface area contributed by atoms with E-state index in [1.165, 1.54) is 0 Å². The zero-order valence-electron chi connectivity index (χ0n) is 21.8. The van der Waals surface area contributed by atoms with Gasteiger partial charge < -0.3 is 35.8 Å². The number of benzene rings is 1. The second-order valence-corrected chi connectivity index (χ2v) is 11.1. The molecule has 2 atom stereocenters. The minimum Gasteiger partial charge on any atom is -0.386 e. The Balaban J connectivity index is 1.21. The van der Waals surface area contributed by atoms with Crippen molar-refractivity contribution in [2.45, 2.75) is 63.2 Å². The number of piperidine rings is 1. The molecule has 0 radical (unpaired) electrons. The number of likely N-dealkylation sites (tertiary alicyclic amines) is 1. The lowest BCUT2D eigenvalue weighted by atomic mass is 9.77. The summed E-state index contributed by atoms with van der Waals surface area (Å²) in [5, 5.41) is 11.3. The number of nitrogens with two attached hydrogens (primary N) is 2. The number of nitrogen functional groups attached to an aromatic ring is 2. The summed E-state index contributed by atoms with van der Waals surface area (Å²) in [6.07, 6.45) is 3.47. The van der Waals surface area contributed by atoms with Crippen molar-refractivity contribution in [2.24, 2.45) is 0 Å². The minimum atomic E-state index is -1.16. The lowest BCUT2D eigenvalue weighted by Crippen LogP contribution is -2.57. The molecule has 1 aromatic carbocycles. The molecular formula is C26H33N9O3. The van der Waals surface area contributed by atoms with E-state index >= 15 is 0 Å². The molecule has 2 saturated heterocycles. The van der Waals surface area contributed by atoms with Gasteiger partial charge in [-0.15, -0.1) is 0 Å². The van der Waals surface area contributed by atoms with Crippen molar-refractivity contribution in [2.75, 3.05) is 31.2 Å². The molecule has 12 nitrogen and oxygen atoms in total. The number of hydrogen-bond acceptors (Lipinski definition) is 9. The first-order valence-corrected chi connectivity index (χ1v) is 13.0. The van der Waals surface area contributed by atoms with Gasteiger partial charge in [0.05, 0.1) is 35.6 Å². The molecule has 12 heteroatoms. The maximum absolute atomic E-state index is 13.4. The zero-order chi connectivity index (χ0) is 26.8. The van der Waals surface area contributed by atoms with Crippen molar-refractivity contribution in [1.29, 1.82) is 0 Å². The predicted octanol–water partition coefficient (Wildman–Crippen LogP) is 2.38. The molecule has 2 aliphatic rings. The molecule has 1 spiro atoms. The van der Waals surface area contributed by atoms with Crippen LogP contribution in [0, 0.1) is 0 Å². The van der Waals surface area contributed by atoms with Gasteiger partial charge in [0.1, 0.15) is 16.9 Å². The maximum atomic E-state index is 13.4. The van der Waals surface area contributed by atoms with Gasteiger partial charge in [0.25, 0.3) is 5.91 Å². The molecule has 3 aromatic heterocycles. The smallest absolute Gasteiger partial charge is 0.253 e.